The minimum atomic E-state index is -3.37. The van der Waals surface area contributed by atoms with Gasteiger partial charge in [-0.05, 0) is 0 Å². The molecular formula is C18H12Cl3O2P. The van der Waals surface area contributed by atoms with Crippen molar-refractivity contribution in [3.63, 3.8) is 0 Å². The van der Waals surface area contributed by atoms with Crippen LogP contribution in [0.2, 0.25) is 15.1 Å². The first-order chi connectivity index (χ1) is 11.5. The molecule has 1 aliphatic rings. The SMILES string of the molecule is Clc1ccc(P2(c3ccc(Cl)cc3)(c3ccc(Cl)cc3)OO2)cc1. The van der Waals surface area contributed by atoms with Gasteiger partial charge in [0.05, 0.1) is 0 Å². The van der Waals surface area contributed by atoms with Crippen molar-refractivity contribution in [2.24, 2.45) is 0 Å². The Morgan fingerprint density at radius 2 is 0.708 bits per heavy atom. The van der Waals surface area contributed by atoms with Gasteiger partial charge in [-0.25, -0.2) is 0 Å². The van der Waals surface area contributed by atoms with E-state index in [1.165, 1.54) is 0 Å². The van der Waals surface area contributed by atoms with E-state index in [0.717, 1.165) is 15.9 Å². The van der Waals surface area contributed by atoms with Crippen LogP contribution >= 0.6 is 41.9 Å². The van der Waals surface area contributed by atoms with Gasteiger partial charge in [0.2, 0.25) is 0 Å². The zero-order valence-corrected chi connectivity index (χ0v) is 15.5. The zero-order chi connectivity index (χ0) is 16.8. The number of halogens is 3. The maximum atomic E-state index is 6.06. The summed E-state index contributed by atoms with van der Waals surface area (Å²) in [5.74, 6) is 0. The number of hydrogen-bond acceptors (Lipinski definition) is 2. The summed E-state index contributed by atoms with van der Waals surface area (Å²) in [7, 11) is -3.37. The fraction of sp³-hybridized carbons (Fsp3) is 0. The van der Waals surface area contributed by atoms with Crippen LogP contribution in [0, 0.1) is 0 Å². The standard InChI is InChI=1S/C18H12Cl3O2P/c19-13-1-7-16(8-2-13)24(22-23-24,17-9-3-14(20)4-10-17)18-11-5-15(21)6-12-18/h1-12H. The molecule has 6 heteroatoms. The van der Waals surface area contributed by atoms with Gasteiger partial charge >= 0.3 is 155 Å². The maximum absolute atomic E-state index is 6.06. The van der Waals surface area contributed by atoms with E-state index in [-0.39, 0.29) is 0 Å². The number of benzene rings is 3. The van der Waals surface area contributed by atoms with E-state index in [2.05, 4.69) is 0 Å². The number of hydrogen-bond donors (Lipinski definition) is 0. The monoisotopic (exact) mass is 396 g/mol. The molecule has 3 aromatic carbocycles. The van der Waals surface area contributed by atoms with Crippen LogP contribution in [0.3, 0.4) is 0 Å². The van der Waals surface area contributed by atoms with Crippen LogP contribution in [0.1, 0.15) is 0 Å². The van der Waals surface area contributed by atoms with Gasteiger partial charge in [-0.15, -0.1) is 0 Å². The van der Waals surface area contributed by atoms with Crippen molar-refractivity contribution < 1.29 is 9.35 Å². The molecule has 2 nitrogen and oxygen atoms in total. The van der Waals surface area contributed by atoms with Crippen LogP contribution in [0.15, 0.2) is 72.8 Å². The molecule has 24 heavy (non-hydrogen) atoms. The van der Waals surface area contributed by atoms with Gasteiger partial charge in [0.15, 0.2) is 0 Å². The summed E-state index contributed by atoms with van der Waals surface area (Å²) in [6.45, 7) is 0. The third-order valence-electron chi connectivity index (χ3n) is 4.19. The van der Waals surface area contributed by atoms with Crippen LogP contribution in [0.5, 0.6) is 0 Å². The third kappa shape index (κ3) is 2.30. The first-order valence-corrected chi connectivity index (χ1v) is 10.4. The molecular weight excluding hydrogens is 386 g/mol. The van der Waals surface area contributed by atoms with E-state index in [0.29, 0.717) is 15.1 Å². The summed E-state index contributed by atoms with van der Waals surface area (Å²) in [6.07, 6.45) is 0. The zero-order valence-electron chi connectivity index (χ0n) is 12.3. The van der Waals surface area contributed by atoms with Gasteiger partial charge in [-0.2, -0.15) is 0 Å². The van der Waals surface area contributed by atoms with E-state index < -0.39 is 7.06 Å². The normalized spacial score (nSPS) is 19.2. The fourth-order valence-electron chi connectivity index (χ4n) is 2.89. The van der Waals surface area contributed by atoms with E-state index in [1.807, 2.05) is 72.8 Å². The van der Waals surface area contributed by atoms with Gasteiger partial charge < -0.3 is 0 Å². The van der Waals surface area contributed by atoms with Crippen LogP contribution in [0.25, 0.3) is 0 Å². The van der Waals surface area contributed by atoms with Gasteiger partial charge in [0.1, 0.15) is 0 Å². The molecule has 0 spiro atoms. The quantitative estimate of drug-likeness (QED) is 0.342. The average molecular weight is 398 g/mol. The van der Waals surface area contributed by atoms with Gasteiger partial charge in [-0.3, -0.25) is 0 Å². The molecule has 0 bridgehead atoms. The van der Waals surface area contributed by atoms with Crippen LogP contribution in [-0.4, -0.2) is 0 Å². The Bertz CT molecular complexity index is 771. The van der Waals surface area contributed by atoms with Crippen LogP contribution < -0.4 is 15.9 Å². The van der Waals surface area contributed by atoms with Gasteiger partial charge in [0.25, 0.3) is 0 Å². The van der Waals surface area contributed by atoms with E-state index >= 15 is 0 Å². The van der Waals surface area contributed by atoms with Crippen molar-refractivity contribution in [3.05, 3.63) is 87.9 Å². The second-order valence-electron chi connectivity index (χ2n) is 5.54. The molecule has 3 aromatic rings. The molecule has 0 saturated carbocycles. The first-order valence-electron chi connectivity index (χ1n) is 7.23. The van der Waals surface area contributed by atoms with E-state index in [4.69, 9.17) is 44.2 Å². The Labute approximate surface area is 154 Å². The molecule has 1 saturated heterocycles. The van der Waals surface area contributed by atoms with Crippen molar-refractivity contribution in [3.8, 4) is 0 Å². The summed E-state index contributed by atoms with van der Waals surface area (Å²) in [6, 6.07) is 22.7. The van der Waals surface area contributed by atoms with E-state index in [1.54, 1.807) is 0 Å². The Balaban J connectivity index is 2.01. The molecule has 0 atom stereocenters. The minimum absolute atomic E-state index is 0.657. The summed E-state index contributed by atoms with van der Waals surface area (Å²) >= 11 is 18.2. The Kier molecular flexibility index (Phi) is 3.89. The molecule has 1 fully saturated rings. The topological polar surface area (TPSA) is 25.1 Å². The van der Waals surface area contributed by atoms with Crippen molar-refractivity contribution in [2.75, 3.05) is 0 Å². The molecule has 0 aliphatic carbocycles. The Morgan fingerprint density at radius 1 is 0.458 bits per heavy atom. The third-order valence-corrected chi connectivity index (χ3v) is 9.25. The van der Waals surface area contributed by atoms with Gasteiger partial charge in [-0.1, -0.05) is 0 Å². The molecule has 0 N–H and O–H groups in total. The van der Waals surface area contributed by atoms with Crippen molar-refractivity contribution in [1.82, 2.24) is 0 Å². The van der Waals surface area contributed by atoms with Crippen molar-refractivity contribution >= 4 is 57.8 Å². The average Bonchev–Trinajstić information content (AvgIpc) is 3.35. The van der Waals surface area contributed by atoms with Crippen molar-refractivity contribution in [1.29, 1.82) is 0 Å². The molecule has 1 heterocycles. The van der Waals surface area contributed by atoms with Crippen LogP contribution in [-0.2, 0) is 9.35 Å². The molecule has 0 radical (unpaired) electrons. The molecule has 0 aromatic heterocycles. The Hall–Kier alpha value is -1.12. The van der Waals surface area contributed by atoms with Crippen LogP contribution in [0.4, 0.5) is 0 Å². The predicted octanol–water partition coefficient (Wildman–Crippen LogP) is 5.27. The van der Waals surface area contributed by atoms with E-state index in [9.17, 15) is 0 Å². The fourth-order valence-corrected chi connectivity index (χ4v) is 7.15. The molecule has 4 rings (SSSR count). The Morgan fingerprint density at radius 3 is 0.917 bits per heavy atom. The summed E-state index contributed by atoms with van der Waals surface area (Å²) in [4.78, 5) is 0. The second kappa shape index (κ2) is 5.71. The molecule has 122 valence electrons. The van der Waals surface area contributed by atoms with Gasteiger partial charge in [0, 0.05) is 0 Å². The predicted molar refractivity (Wildman–Crippen MR) is 102 cm³/mol. The number of rotatable bonds is 3. The second-order valence-corrected chi connectivity index (χ2v) is 10.6. The first kappa shape index (κ1) is 16.4. The molecule has 0 unspecified atom stereocenters. The molecule has 0 amide bonds. The van der Waals surface area contributed by atoms with Crippen molar-refractivity contribution in [2.45, 2.75) is 0 Å². The molecule has 1 aliphatic heterocycles. The summed E-state index contributed by atoms with van der Waals surface area (Å²) in [5.41, 5.74) is 0. The summed E-state index contributed by atoms with van der Waals surface area (Å²) < 4.78 is 11.7. The summed E-state index contributed by atoms with van der Waals surface area (Å²) in [5, 5.41) is 4.79.